The molecule has 2 aromatic carbocycles. The minimum atomic E-state index is -0.123. The molecule has 2 unspecified atom stereocenters. The molecule has 354 valence electrons. The van der Waals surface area contributed by atoms with E-state index in [1.54, 1.807) is 0 Å². The molecule has 2 aliphatic rings. The van der Waals surface area contributed by atoms with Gasteiger partial charge in [0.1, 0.15) is 36.9 Å². The molecule has 0 N–H and O–H groups in total. The van der Waals surface area contributed by atoms with Crippen molar-refractivity contribution in [1.29, 1.82) is 0 Å². The van der Waals surface area contributed by atoms with Crippen molar-refractivity contribution in [3.63, 3.8) is 0 Å². The molecule has 6 nitrogen and oxygen atoms in total. The predicted octanol–water partition coefficient (Wildman–Crippen LogP) is 13.9. The summed E-state index contributed by atoms with van der Waals surface area (Å²) in [5, 5.41) is 0. The van der Waals surface area contributed by atoms with Crippen molar-refractivity contribution in [2.45, 2.75) is 211 Å². The van der Waals surface area contributed by atoms with Crippen molar-refractivity contribution in [1.82, 2.24) is 0 Å². The molecule has 2 saturated heterocycles. The monoisotopic (exact) mass is 863 g/mol. The summed E-state index contributed by atoms with van der Waals surface area (Å²) < 4.78 is 36.7. The zero-order chi connectivity index (χ0) is 46.7. The van der Waals surface area contributed by atoms with E-state index < -0.39 is 0 Å². The van der Waals surface area contributed by atoms with E-state index >= 15 is 0 Å². The molecule has 2 atom stereocenters. The largest absolute Gasteiger partial charge is 0.491 e. The van der Waals surface area contributed by atoms with E-state index in [1.807, 2.05) is 0 Å². The van der Waals surface area contributed by atoms with Gasteiger partial charge in [0.05, 0.1) is 39.6 Å². The predicted molar refractivity (Wildman–Crippen MR) is 261 cm³/mol. The van der Waals surface area contributed by atoms with Crippen LogP contribution in [0.3, 0.4) is 0 Å². The second kappa shape index (κ2) is 19.8. The Morgan fingerprint density at radius 3 is 0.855 bits per heavy atom. The molecule has 2 aliphatic heterocycles. The Kier molecular flexibility index (Phi) is 16.7. The second-order valence-electron chi connectivity index (χ2n) is 26.8. The Morgan fingerprint density at radius 2 is 0.645 bits per heavy atom. The fourth-order valence-electron chi connectivity index (χ4n) is 11.1. The van der Waals surface area contributed by atoms with Gasteiger partial charge >= 0.3 is 0 Å². The summed E-state index contributed by atoms with van der Waals surface area (Å²) in [5.74, 6) is 2.10. The van der Waals surface area contributed by atoms with E-state index in [9.17, 15) is 0 Å². The molecule has 0 aromatic heterocycles. The van der Waals surface area contributed by atoms with Crippen LogP contribution in [-0.2, 0) is 53.4 Å². The zero-order valence-corrected chi connectivity index (χ0v) is 43.8. The van der Waals surface area contributed by atoms with Crippen molar-refractivity contribution in [2.24, 2.45) is 21.7 Å². The van der Waals surface area contributed by atoms with E-state index in [4.69, 9.17) is 28.4 Å². The maximum absolute atomic E-state index is 6.96. The lowest BCUT2D eigenvalue weighted by atomic mass is 9.67. The number of hydrogen-bond donors (Lipinski definition) is 0. The molecule has 62 heavy (non-hydrogen) atoms. The van der Waals surface area contributed by atoms with E-state index in [1.165, 1.54) is 33.4 Å². The third-order valence-electron chi connectivity index (χ3n) is 12.2. The summed E-state index contributed by atoms with van der Waals surface area (Å²) in [6.45, 7) is 52.7. The van der Waals surface area contributed by atoms with Gasteiger partial charge in [0.2, 0.25) is 0 Å². The van der Waals surface area contributed by atoms with Crippen LogP contribution in [-0.4, -0.2) is 65.1 Å². The Bertz CT molecular complexity index is 1520. The van der Waals surface area contributed by atoms with E-state index in [-0.39, 0.29) is 55.5 Å². The number of benzene rings is 2. The molecule has 0 spiro atoms. The molecule has 4 rings (SSSR count). The van der Waals surface area contributed by atoms with Crippen molar-refractivity contribution >= 4 is 0 Å². The summed E-state index contributed by atoms with van der Waals surface area (Å²) in [6, 6.07) is 9.98. The first-order chi connectivity index (χ1) is 28.2. The standard InChI is InChI=1S/C56H94O6/c1-49(2,3)35-53(13,14)43-27-39(28-44(54(15,16)36-50(4,5)6)47(43)59-25-23-57-31-41-33-61-41)21-22-40-29-45(55(17,18)37-51(7,8)9)48(60-26-24-58-32-42-34-62-42)46(30-40)56(19,20)38-52(10,11)12/h27-30,41-42H,21-26,31-38H2,1-20H3. The van der Waals surface area contributed by atoms with Gasteiger partial charge < -0.3 is 28.4 Å². The van der Waals surface area contributed by atoms with Crippen LogP contribution in [0.2, 0.25) is 0 Å². The highest BCUT2D eigenvalue weighted by atomic mass is 16.6. The van der Waals surface area contributed by atoms with E-state index in [0.29, 0.717) is 39.6 Å². The van der Waals surface area contributed by atoms with Crippen LogP contribution < -0.4 is 9.47 Å². The molecule has 0 bridgehead atoms. The Morgan fingerprint density at radius 1 is 0.403 bits per heavy atom. The number of epoxide rings is 2. The number of hydrogen-bond acceptors (Lipinski definition) is 6. The van der Waals surface area contributed by atoms with Crippen LogP contribution in [0.1, 0.15) is 198 Å². The SMILES string of the molecule is CC(C)(C)CC(C)(C)c1cc(CCc2cc(C(C)(C)CC(C)(C)C)c(OCCOCC3CO3)c(C(C)(C)CC(C)(C)C)c2)cc(C(C)(C)CC(C)(C)C)c1OCCOCC1CO1. The molecule has 0 aliphatic carbocycles. The highest BCUT2D eigenvalue weighted by Crippen LogP contribution is 2.50. The van der Waals surface area contributed by atoms with Gasteiger partial charge in [0.15, 0.2) is 0 Å². The maximum atomic E-state index is 6.96. The van der Waals surface area contributed by atoms with Crippen molar-refractivity contribution < 1.29 is 28.4 Å². The maximum Gasteiger partial charge on any atom is 0.126 e. The Labute approximate surface area is 381 Å². The lowest BCUT2D eigenvalue weighted by Crippen LogP contribution is -2.30. The Hall–Kier alpha value is -2.12. The van der Waals surface area contributed by atoms with Crippen LogP contribution in [0, 0.1) is 21.7 Å². The highest BCUT2D eigenvalue weighted by Gasteiger charge is 2.39. The smallest absolute Gasteiger partial charge is 0.126 e. The minimum Gasteiger partial charge on any atom is -0.491 e. The normalized spacial score (nSPS) is 18.0. The van der Waals surface area contributed by atoms with Gasteiger partial charge in [-0.05, 0) is 93.0 Å². The van der Waals surface area contributed by atoms with Crippen LogP contribution in [0.15, 0.2) is 24.3 Å². The average Bonchev–Trinajstić information content (AvgIpc) is 3.99. The van der Waals surface area contributed by atoms with Crippen LogP contribution in [0.25, 0.3) is 0 Å². The van der Waals surface area contributed by atoms with Gasteiger partial charge in [-0.1, -0.05) is 163 Å². The average molecular weight is 863 g/mol. The van der Waals surface area contributed by atoms with Gasteiger partial charge in [-0.15, -0.1) is 0 Å². The summed E-state index contributed by atoms with van der Waals surface area (Å²) in [4.78, 5) is 0. The molecule has 6 heteroatoms. The van der Waals surface area contributed by atoms with Gasteiger partial charge in [0, 0.05) is 22.3 Å². The quantitative estimate of drug-likeness (QED) is 0.0819. The van der Waals surface area contributed by atoms with E-state index in [2.05, 4.69) is 163 Å². The van der Waals surface area contributed by atoms with Crippen LogP contribution in [0.4, 0.5) is 0 Å². The fourth-order valence-corrected chi connectivity index (χ4v) is 11.1. The minimum absolute atomic E-state index is 0.123. The number of ether oxygens (including phenoxy) is 6. The fraction of sp³-hybridized carbons (Fsp3) is 0.786. The summed E-state index contributed by atoms with van der Waals surface area (Å²) in [5.41, 5.74) is 8.05. The molecule has 0 amide bonds. The number of rotatable bonds is 23. The molecule has 2 heterocycles. The molecule has 2 aromatic rings. The van der Waals surface area contributed by atoms with Crippen LogP contribution in [0.5, 0.6) is 11.5 Å². The molecule has 0 radical (unpaired) electrons. The zero-order valence-electron chi connectivity index (χ0n) is 43.8. The molecule has 2 fully saturated rings. The van der Waals surface area contributed by atoms with Gasteiger partial charge in [-0.3, -0.25) is 0 Å². The molecule has 0 saturated carbocycles. The van der Waals surface area contributed by atoms with Gasteiger partial charge in [-0.2, -0.15) is 0 Å². The lowest BCUT2D eigenvalue weighted by molar-refractivity contribution is 0.0861. The lowest BCUT2D eigenvalue weighted by Gasteiger charge is -2.39. The topological polar surface area (TPSA) is 62.0 Å². The first-order valence-electron chi connectivity index (χ1n) is 24.2. The first kappa shape index (κ1) is 52.5. The van der Waals surface area contributed by atoms with Gasteiger partial charge in [0.25, 0.3) is 0 Å². The Balaban J connectivity index is 1.86. The molecular formula is C56H94O6. The van der Waals surface area contributed by atoms with Crippen molar-refractivity contribution in [3.05, 3.63) is 57.6 Å². The third-order valence-corrected chi connectivity index (χ3v) is 12.2. The summed E-state index contributed by atoms with van der Waals surface area (Å²) in [7, 11) is 0. The van der Waals surface area contributed by atoms with Crippen molar-refractivity contribution in [3.8, 4) is 11.5 Å². The summed E-state index contributed by atoms with van der Waals surface area (Å²) >= 11 is 0. The molecular weight excluding hydrogens is 769 g/mol. The van der Waals surface area contributed by atoms with Gasteiger partial charge in [-0.25, -0.2) is 0 Å². The highest BCUT2D eigenvalue weighted by molar-refractivity contribution is 5.54. The van der Waals surface area contributed by atoms with Crippen molar-refractivity contribution in [2.75, 3.05) is 52.9 Å². The summed E-state index contributed by atoms with van der Waals surface area (Å²) in [6.07, 6.45) is 6.49. The first-order valence-corrected chi connectivity index (χ1v) is 24.2. The van der Waals surface area contributed by atoms with E-state index in [0.717, 1.165) is 63.2 Å². The van der Waals surface area contributed by atoms with Crippen LogP contribution >= 0.6 is 0 Å². The second-order valence-corrected chi connectivity index (χ2v) is 26.8. The third kappa shape index (κ3) is 17.0. The number of aryl methyl sites for hydroxylation is 2.